The number of nitrogens with zero attached hydrogens (tertiary/aromatic N) is 1. The van der Waals surface area contributed by atoms with Gasteiger partial charge in [0, 0.05) is 12.1 Å². The molecule has 2 rings (SSSR count). The van der Waals surface area contributed by atoms with Crippen LogP contribution in [0.4, 0.5) is 5.69 Å². The van der Waals surface area contributed by atoms with Gasteiger partial charge in [-0.3, -0.25) is 14.9 Å². The average molecular weight is 294 g/mol. The molecule has 1 aromatic carbocycles. The molecule has 114 valence electrons. The van der Waals surface area contributed by atoms with Gasteiger partial charge in [0.25, 0.3) is 11.6 Å². The average Bonchev–Trinajstić information content (AvgIpc) is 2.45. The van der Waals surface area contributed by atoms with Gasteiger partial charge in [-0.15, -0.1) is 0 Å². The standard InChI is InChI=1S/C14H18N2O5/c1-3-4-9(2)15-14(17)10-7-12-13(21-6-5-20-12)8-11(10)16(18)19/h7-9H,3-6H2,1-2H3,(H,15,17). The Kier molecular flexibility index (Phi) is 4.62. The van der Waals surface area contributed by atoms with Crippen molar-refractivity contribution in [1.29, 1.82) is 0 Å². The van der Waals surface area contributed by atoms with E-state index in [1.807, 2.05) is 13.8 Å². The number of benzene rings is 1. The van der Waals surface area contributed by atoms with Crippen LogP contribution in [0.1, 0.15) is 37.0 Å². The molecule has 1 N–H and O–H groups in total. The van der Waals surface area contributed by atoms with Crippen molar-refractivity contribution in [1.82, 2.24) is 5.32 Å². The zero-order valence-corrected chi connectivity index (χ0v) is 12.0. The fourth-order valence-corrected chi connectivity index (χ4v) is 2.22. The van der Waals surface area contributed by atoms with Gasteiger partial charge in [0.15, 0.2) is 11.5 Å². The molecule has 0 saturated heterocycles. The number of nitrogens with one attached hydrogen (secondary N) is 1. The Labute approximate surface area is 122 Å². The second kappa shape index (κ2) is 6.43. The molecule has 1 amide bonds. The highest BCUT2D eigenvalue weighted by Crippen LogP contribution is 2.36. The molecule has 0 bridgehead atoms. The molecule has 1 heterocycles. The number of carbonyl (C=O) groups is 1. The van der Waals surface area contributed by atoms with Crippen LogP contribution in [-0.2, 0) is 0 Å². The minimum Gasteiger partial charge on any atom is -0.486 e. The molecule has 7 heteroatoms. The summed E-state index contributed by atoms with van der Waals surface area (Å²) >= 11 is 0. The highest BCUT2D eigenvalue weighted by molar-refractivity contribution is 5.99. The van der Waals surface area contributed by atoms with E-state index < -0.39 is 10.8 Å². The van der Waals surface area contributed by atoms with Crippen LogP contribution in [0.5, 0.6) is 11.5 Å². The third-order valence-corrected chi connectivity index (χ3v) is 3.20. The summed E-state index contributed by atoms with van der Waals surface area (Å²) < 4.78 is 10.7. The second-order valence-corrected chi connectivity index (χ2v) is 4.93. The first-order chi connectivity index (χ1) is 10.0. The molecule has 1 aromatic rings. The fourth-order valence-electron chi connectivity index (χ4n) is 2.22. The zero-order chi connectivity index (χ0) is 15.4. The lowest BCUT2D eigenvalue weighted by molar-refractivity contribution is -0.385. The quantitative estimate of drug-likeness (QED) is 0.664. The number of ether oxygens (including phenoxy) is 2. The number of amides is 1. The molecule has 0 radical (unpaired) electrons. The topological polar surface area (TPSA) is 90.7 Å². The minimum atomic E-state index is -0.586. The van der Waals surface area contributed by atoms with Crippen LogP contribution in [-0.4, -0.2) is 30.1 Å². The Hall–Kier alpha value is -2.31. The van der Waals surface area contributed by atoms with Crippen LogP contribution in [0.25, 0.3) is 0 Å². The number of carbonyl (C=O) groups excluding carboxylic acids is 1. The molecule has 0 aromatic heterocycles. The molecule has 21 heavy (non-hydrogen) atoms. The van der Waals surface area contributed by atoms with Gasteiger partial charge in [0.2, 0.25) is 0 Å². The van der Waals surface area contributed by atoms with E-state index in [-0.39, 0.29) is 17.3 Å². The first kappa shape index (κ1) is 15.1. The third kappa shape index (κ3) is 3.42. The number of rotatable bonds is 5. The first-order valence-electron chi connectivity index (χ1n) is 6.91. The van der Waals surface area contributed by atoms with E-state index in [4.69, 9.17) is 9.47 Å². The maximum atomic E-state index is 12.2. The summed E-state index contributed by atoms with van der Waals surface area (Å²) in [5.41, 5.74) is -0.285. The molecule has 1 unspecified atom stereocenters. The van der Waals surface area contributed by atoms with E-state index in [9.17, 15) is 14.9 Å². The van der Waals surface area contributed by atoms with Crippen LogP contribution in [0.3, 0.4) is 0 Å². The smallest absolute Gasteiger partial charge is 0.286 e. The first-order valence-corrected chi connectivity index (χ1v) is 6.91. The lowest BCUT2D eigenvalue weighted by Gasteiger charge is -2.19. The van der Waals surface area contributed by atoms with Crippen molar-refractivity contribution in [2.75, 3.05) is 13.2 Å². The Bertz CT molecular complexity index is 559. The van der Waals surface area contributed by atoms with Crippen LogP contribution in [0, 0.1) is 10.1 Å². The highest BCUT2D eigenvalue weighted by Gasteiger charge is 2.26. The molecule has 0 fully saturated rings. The van der Waals surface area contributed by atoms with Gasteiger partial charge in [0.1, 0.15) is 18.8 Å². The van der Waals surface area contributed by atoms with Gasteiger partial charge in [0.05, 0.1) is 11.0 Å². The van der Waals surface area contributed by atoms with Crippen molar-refractivity contribution in [3.63, 3.8) is 0 Å². The highest BCUT2D eigenvalue weighted by atomic mass is 16.6. The fraction of sp³-hybridized carbons (Fsp3) is 0.500. The Morgan fingerprint density at radius 2 is 2.00 bits per heavy atom. The summed E-state index contributed by atoms with van der Waals surface area (Å²) in [5.74, 6) is 0.186. The lowest BCUT2D eigenvalue weighted by atomic mass is 10.1. The molecule has 1 aliphatic rings. The van der Waals surface area contributed by atoms with Gasteiger partial charge in [-0.05, 0) is 13.3 Å². The van der Waals surface area contributed by atoms with Crippen LogP contribution < -0.4 is 14.8 Å². The summed E-state index contributed by atoms with van der Waals surface area (Å²) in [6, 6.07) is 2.57. The molecule has 0 aliphatic carbocycles. The van der Waals surface area contributed by atoms with E-state index in [2.05, 4.69) is 5.32 Å². The number of hydrogen-bond acceptors (Lipinski definition) is 5. The SMILES string of the molecule is CCCC(C)NC(=O)c1cc2c(cc1[N+](=O)[O-])OCCO2. The Morgan fingerprint density at radius 1 is 1.38 bits per heavy atom. The van der Waals surface area contributed by atoms with Crippen LogP contribution in [0.2, 0.25) is 0 Å². The molecule has 0 saturated carbocycles. The molecular formula is C14H18N2O5. The second-order valence-electron chi connectivity index (χ2n) is 4.93. The van der Waals surface area contributed by atoms with E-state index >= 15 is 0 Å². The third-order valence-electron chi connectivity index (χ3n) is 3.20. The largest absolute Gasteiger partial charge is 0.486 e. The summed E-state index contributed by atoms with van der Waals surface area (Å²) in [6.07, 6.45) is 1.73. The summed E-state index contributed by atoms with van der Waals surface area (Å²) in [7, 11) is 0. The Balaban J connectivity index is 2.32. The summed E-state index contributed by atoms with van der Waals surface area (Å²) in [4.78, 5) is 22.8. The molecule has 1 aliphatic heterocycles. The van der Waals surface area contributed by atoms with Crippen molar-refractivity contribution in [2.45, 2.75) is 32.7 Å². The number of hydrogen-bond donors (Lipinski definition) is 1. The normalized spacial score (nSPS) is 14.4. The Morgan fingerprint density at radius 3 is 2.57 bits per heavy atom. The molecule has 0 spiro atoms. The van der Waals surface area contributed by atoms with Crippen molar-refractivity contribution in [3.8, 4) is 11.5 Å². The maximum Gasteiger partial charge on any atom is 0.286 e. The van der Waals surface area contributed by atoms with E-state index in [1.54, 1.807) is 0 Å². The van der Waals surface area contributed by atoms with E-state index in [0.717, 1.165) is 12.8 Å². The van der Waals surface area contributed by atoms with Gasteiger partial charge in [-0.1, -0.05) is 13.3 Å². The molecule has 7 nitrogen and oxygen atoms in total. The van der Waals surface area contributed by atoms with Gasteiger partial charge in [-0.25, -0.2) is 0 Å². The van der Waals surface area contributed by atoms with Crippen molar-refractivity contribution < 1.29 is 19.2 Å². The summed E-state index contributed by atoms with van der Waals surface area (Å²) in [5, 5.41) is 13.9. The number of nitro benzene ring substituents is 1. The number of nitro groups is 1. The number of fused-ring (bicyclic) bond motifs is 1. The van der Waals surface area contributed by atoms with Crippen LogP contribution >= 0.6 is 0 Å². The lowest BCUT2D eigenvalue weighted by Crippen LogP contribution is -2.33. The van der Waals surface area contributed by atoms with E-state index in [1.165, 1.54) is 12.1 Å². The predicted molar refractivity (Wildman–Crippen MR) is 75.9 cm³/mol. The van der Waals surface area contributed by atoms with Crippen LogP contribution in [0.15, 0.2) is 12.1 Å². The molecule has 1 atom stereocenters. The van der Waals surface area contributed by atoms with E-state index in [0.29, 0.717) is 24.7 Å². The van der Waals surface area contributed by atoms with Gasteiger partial charge < -0.3 is 14.8 Å². The monoisotopic (exact) mass is 294 g/mol. The van der Waals surface area contributed by atoms with Gasteiger partial charge in [-0.2, -0.15) is 0 Å². The van der Waals surface area contributed by atoms with Gasteiger partial charge >= 0.3 is 0 Å². The van der Waals surface area contributed by atoms with Crippen molar-refractivity contribution in [2.24, 2.45) is 0 Å². The predicted octanol–water partition coefficient (Wildman–Crippen LogP) is 2.28. The summed E-state index contributed by atoms with van der Waals surface area (Å²) in [6.45, 7) is 4.57. The van der Waals surface area contributed by atoms with Crippen molar-refractivity contribution in [3.05, 3.63) is 27.8 Å². The zero-order valence-electron chi connectivity index (χ0n) is 12.0. The minimum absolute atomic E-state index is 0.00722. The van der Waals surface area contributed by atoms with Crippen molar-refractivity contribution >= 4 is 11.6 Å². The molecular weight excluding hydrogens is 276 g/mol. The maximum absolute atomic E-state index is 12.2.